The molecule has 13 heteroatoms. The van der Waals surface area contributed by atoms with Crippen LogP contribution in [0.5, 0.6) is 11.5 Å². The number of aromatic nitrogens is 2. The molecule has 4 aromatic rings. The molecule has 3 aromatic carbocycles. The third-order valence-corrected chi connectivity index (χ3v) is 10.1. The van der Waals surface area contributed by atoms with Gasteiger partial charge in [0, 0.05) is 43.3 Å². The lowest BCUT2D eigenvalue weighted by Crippen LogP contribution is -2.58. The number of benzene rings is 3. The molecular weight excluding hydrogens is 747 g/mol. The van der Waals surface area contributed by atoms with Crippen molar-refractivity contribution in [2.75, 3.05) is 19.7 Å². The molecule has 0 aliphatic rings. The summed E-state index contributed by atoms with van der Waals surface area (Å²) in [6, 6.07) is 19.2. The lowest BCUT2D eigenvalue weighted by molar-refractivity contribution is -0.132. The molecule has 0 fully saturated rings. The van der Waals surface area contributed by atoms with E-state index >= 15 is 0 Å². The van der Waals surface area contributed by atoms with Crippen molar-refractivity contribution in [1.82, 2.24) is 31.2 Å². The topological polar surface area (TPSA) is 201 Å². The summed E-state index contributed by atoms with van der Waals surface area (Å²) in [6.07, 6.45) is 15.8. The number of phenols is 1. The summed E-state index contributed by atoms with van der Waals surface area (Å²) in [4.78, 5) is 62.4. The van der Waals surface area contributed by atoms with E-state index in [9.17, 15) is 24.3 Å². The smallest absolute Gasteiger partial charge is 0.251 e. The van der Waals surface area contributed by atoms with Crippen LogP contribution in [0.1, 0.15) is 105 Å². The van der Waals surface area contributed by atoms with Gasteiger partial charge < -0.3 is 41.8 Å². The van der Waals surface area contributed by atoms with Crippen molar-refractivity contribution in [3.8, 4) is 11.5 Å². The number of aromatic hydroxyl groups is 1. The zero-order chi connectivity index (χ0) is 42.1. The molecule has 0 bridgehead atoms. The van der Waals surface area contributed by atoms with Crippen molar-refractivity contribution >= 4 is 23.6 Å². The Balaban J connectivity index is 1.43. The average Bonchev–Trinajstić information content (AvgIpc) is 3.77. The zero-order valence-electron chi connectivity index (χ0n) is 34.4. The van der Waals surface area contributed by atoms with E-state index in [1.54, 1.807) is 42.6 Å². The second kappa shape index (κ2) is 26.3. The number of nitrogens with zero attached hydrogens (tertiary/aromatic N) is 1. The number of H-pyrrole nitrogens is 1. The van der Waals surface area contributed by atoms with Crippen LogP contribution in [0.15, 0.2) is 91.4 Å². The minimum absolute atomic E-state index is 0.0409. The van der Waals surface area contributed by atoms with Crippen molar-refractivity contribution in [3.63, 3.8) is 0 Å². The lowest BCUT2D eigenvalue weighted by Gasteiger charge is -2.26. The van der Waals surface area contributed by atoms with E-state index in [-0.39, 0.29) is 30.9 Å². The highest BCUT2D eigenvalue weighted by atomic mass is 16.5. The third-order valence-electron chi connectivity index (χ3n) is 10.1. The summed E-state index contributed by atoms with van der Waals surface area (Å²) in [6.45, 7) is 3.73. The Hall–Kier alpha value is -5.69. The van der Waals surface area contributed by atoms with Crippen LogP contribution in [0.25, 0.3) is 0 Å². The Bertz CT molecular complexity index is 1800. The van der Waals surface area contributed by atoms with E-state index in [4.69, 9.17) is 10.5 Å². The number of phenolic OH excluding ortho intramolecular Hbond substituents is 1. The molecule has 3 atom stereocenters. The van der Waals surface area contributed by atoms with Crippen LogP contribution in [0.4, 0.5) is 0 Å². The van der Waals surface area contributed by atoms with E-state index in [2.05, 4.69) is 38.2 Å². The number of hydrogen-bond acceptors (Lipinski definition) is 8. The summed E-state index contributed by atoms with van der Waals surface area (Å²) in [5.74, 6) is -1.34. The minimum atomic E-state index is -1.15. The molecule has 0 radical (unpaired) electrons. The number of ether oxygens (including phenoxy) is 1. The SMILES string of the molecule is CCCCCCCCCCCOc1ccc(C(=O)N[C@@H](Cc2cnc[nH]2)C(=O)N[C@@H](Cc2ccc(O)cc2)C(=O)N[C@@H](Cc2ccccc2)C(=O)NCCCCN)cc1. The maximum absolute atomic E-state index is 14.1. The molecule has 0 saturated heterocycles. The molecule has 4 amide bonds. The first kappa shape index (κ1) is 46.0. The Labute approximate surface area is 348 Å². The first-order chi connectivity index (χ1) is 28.7. The molecule has 4 rings (SSSR count). The van der Waals surface area contributed by atoms with Crippen LogP contribution in [-0.2, 0) is 33.6 Å². The second-order valence-electron chi connectivity index (χ2n) is 15.0. The normalized spacial score (nSPS) is 12.5. The molecule has 0 unspecified atom stereocenters. The molecule has 13 nitrogen and oxygen atoms in total. The van der Waals surface area contributed by atoms with E-state index in [0.717, 1.165) is 24.8 Å². The van der Waals surface area contributed by atoms with Gasteiger partial charge in [0.25, 0.3) is 5.91 Å². The Morgan fingerprint density at radius 2 is 1.27 bits per heavy atom. The fraction of sp³-hybridized carbons (Fsp3) is 0.457. The zero-order valence-corrected chi connectivity index (χ0v) is 34.4. The number of rotatable bonds is 28. The molecule has 0 aliphatic carbocycles. The van der Waals surface area contributed by atoms with Crippen LogP contribution in [0.2, 0.25) is 0 Å². The first-order valence-electron chi connectivity index (χ1n) is 21.2. The molecule has 0 aliphatic heterocycles. The van der Waals surface area contributed by atoms with Gasteiger partial charge in [-0.2, -0.15) is 0 Å². The predicted octanol–water partition coefficient (Wildman–Crippen LogP) is 5.68. The highest BCUT2D eigenvalue weighted by Gasteiger charge is 2.31. The van der Waals surface area contributed by atoms with Gasteiger partial charge in [-0.1, -0.05) is 101 Å². The van der Waals surface area contributed by atoms with Gasteiger partial charge in [0.2, 0.25) is 17.7 Å². The number of unbranched alkanes of at least 4 members (excludes halogenated alkanes) is 9. The van der Waals surface area contributed by atoms with E-state index in [1.807, 2.05) is 30.3 Å². The molecule has 318 valence electrons. The summed E-state index contributed by atoms with van der Waals surface area (Å²) < 4.78 is 5.93. The number of carbonyl (C=O) groups is 4. The summed E-state index contributed by atoms with van der Waals surface area (Å²) in [5.41, 5.74) is 8.06. The highest BCUT2D eigenvalue weighted by Crippen LogP contribution is 2.16. The number of nitrogens with two attached hydrogens (primary N) is 1. The van der Waals surface area contributed by atoms with Crippen LogP contribution in [0.3, 0.4) is 0 Å². The van der Waals surface area contributed by atoms with Gasteiger partial charge in [-0.15, -0.1) is 0 Å². The molecule has 8 N–H and O–H groups in total. The highest BCUT2D eigenvalue weighted by molar-refractivity contribution is 5.99. The van der Waals surface area contributed by atoms with Gasteiger partial charge >= 0.3 is 0 Å². The van der Waals surface area contributed by atoms with E-state index < -0.39 is 35.8 Å². The fourth-order valence-electron chi connectivity index (χ4n) is 6.66. The van der Waals surface area contributed by atoms with Crippen molar-refractivity contribution in [3.05, 3.63) is 114 Å². The molecule has 0 spiro atoms. The standard InChI is InChI=1S/C46H63N7O6/c1-2-3-4-5-6-7-8-9-15-28-59-39-24-20-36(21-25-39)43(55)51-42(31-37-32-48-33-50-37)46(58)53-41(30-35-18-22-38(54)23-19-35)45(57)52-40(29-34-16-11-10-12-17-34)44(56)49-27-14-13-26-47/h10-12,16-25,32-33,40-42,54H,2-9,13-15,26-31,47H2,1H3,(H,48,50)(H,49,56)(H,51,55)(H,52,57)(H,53,58)/t40-,41-,42-/m0/s1. The van der Waals surface area contributed by atoms with Gasteiger partial charge in [-0.05, 0) is 73.3 Å². The Kier molecular flexibility index (Phi) is 20.5. The number of nitrogens with one attached hydrogen (secondary N) is 5. The minimum Gasteiger partial charge on any atom is -0.508 e. The quantitative estimate of drug-likeness (QED) is 0.0356. The van der Waals surface area contributed by atoms with Crippen LogP contribution in [-0.4, -0.2) is 76.5 Å². The third kappa shape index (κ3) is 17.4. The Morgan fingerprint density at radius 3 is 1.88 bits per heavy atom. The maximum atomic E-state index is 14.1. The van der Waals surface area contributed by atoms with Gasteiger partial charge in [0.1, 0.15) is 29.6 Å². The van der Waals surface area contributed by atoms with Gasteiger partial charge in [0.05, 0.1) is 12.9 Å². The van der Waals surface area contributed by atoms with Crippen LogP contribution >= 0.6 is 0 Å². The first-order valence-corrected chi connectivity index (χ1v) is 21.2. The van der Waals surface area contributed by atoms with Gasteiger partial charge in [-0.3, -0.25) is 19.2 Å². The van der Waals surface area contributed by atoms with Crippen molar-refractivity contribution in [2.24, 2.45) is 5.73 Å². The van der Waals surface area contributed by atoms with E-state index in [0.29, 0.717) is 48.7 Å². The lowest BCUT2D eigenvalue weighted by atomic mass is 10.0. The number of aromatic amines is 1. The summed E-state index contributed by atoms with van der Waals surface area (Å²) in [5, 5.41) is 21.4. The van der Waals surface area contributed by atoms with Crippen LogP contribution < -0.4 is 31.7 Å². The Morgan fingerprint density at radius 1 is 0.678 bits per heavy atom. The number of hydrogen-bond donors (Lipinski definition) is 7. The van der Waals surface area contributed by atoms with Gasteiger partial charge in [-0.25, -0.2) is 4.98 Å². The average molecular weight is 810 g/mol. The second-order valence-corrected chi connectivity index (χ2v) is 15.0. The largest absolute Gasteiger partial charge is 0.508 e. The monoisotopic (exact) mass is 809 g/mol. The number of imidazole rings is 1. The van der Waals surface area contributed by atoms with Crippen molar-refractivity contribution in [2.45, 2.75) is 115 Å². The molecule has 59 heavy (non-hydrogen) atoms. The number of carbonyl (C=O) groups excluding carboxylic acids is 4. The van der Waals surface area contributed by atoms with Gasteiger partial charge in [0.15, 0.2) is 0 Å². The van der Waals surface area contributed by atoms with E-state index in [1.165, 1.54) is 63.4 Å². The molecule has 0 saturated carbocycles. The van der Waals surface area contributed by atoms with Crippen LogP contribution in [0, 0.1) is 0 Å². The maximum Gasteiger partial charge on any atom is 0.251 e. The van der Waals surface area contributed by atoms with Crippen molar-refractivity contribution < 1.29 is 29.0 Å². The fourth-order valence-corrected chi connectivity index (χ4v) is 6.66. The summed E-state index contributed by atoms with van der Waals surface area (Å²) >= 11 is 0. The molecule has 1 aromatic heterocycles. The molecule has 1 heterocycles. The predicted molar refractivity (Wildman–Crippen MR) is 230 cm³/mol. The van der Waals surface area contributed by atoms with Crippen molar-refractivity contribution in [1.29, 1.82) is 0 Å². The molecular formula is C46H63N7O6. The number of amides is 4. The summed E-state index contributed by atoms with van der Waals surface area (Å²) in [7, 11) is 0.